The summed E-state index contributed by atoms with van der Waals surface area (Å²) in [4.78, 5) is 18.7. The maximum absolute atomic E-state index is 12.6. The lowest BCUT2D eigenvalue weighted by Crippen LogP contribution is -2.22. The lowest BCUT2D eigenvalue weighted by molar-refractivity contribution is -0.0964. The van der Waals surface area contributed by atoms with Crippen LogP contribution in [0.1, 0.15) is 24.2 Å². The zero-order valence-electron chi connectivity index (χ0n) is 16.5. The number of rotatable bonds is 8. The highest BCUT2D eigenvalue weighted by molar-refractivity contribution is 9.10. The number of ether oxygens (including phenoxy) is 1. The van der Waals surface area contributed by atoms with Crippen LogP contribution in [0.25, 0.3) is 0 Å². The molecule has 2 rings (SSSR count). The summed E-state index contributed by atoms with van der Waals surface area (Å²) in [7, 11) is 1.93. The molecule has 0 aliphatic rings. The second-order valence-electron chi connectivity index (χ2n) is 5.47. The van der Waals surface area contributed by atoms with Gasteiger partial charge < -0.3 is 15.0 Å². The van der Waals surface area contributed by atoms with Crippen molar-refractivity contribution < 1.29 is 18.3 Å². The highest BCUT2D eigenvalue weighted by Gasteiger charge is 2.27. The van der Waals surface area contributed by atoms with Crippen molar-refractivity contribution in [2.45, 2.75) is 19.4 Å². The Kier molecular flexibility index (Phi) is 10.7. The van der Waals surface area contributed by atoms with Crippen molar-refractivity contribution in [2.24, 2.45) is 0 Å². The monoisotopic (exact) mass is 509 g/mol. The average molecular weight is 511 g/mol. The summed E-state index contributed by atoms with van der Waals surface area (Å²) in [6.45, 7) is 4.83. The van der Waals surface area contributed by atoms with E-state index in [4.69, 9.17) is 11.6 Å². The van der Waals surface area contributed by atoms with Crippen LogP contribution < -0.4 is 15.0 Å². The Morgan fingerprint density at radius 2 is 1.97 bits per heavy atom. The van der Waals surface area contributed by atoms with E-state index in [0.29, 0.717) is 15.7 Å². The minimum absolute atomic E-state index is 0.116. The third-order valence-electron chi connectivity index (χ3n) is 3.42. The number of hydrogen-bond acceptors (Lipinski definition) is 5. The minimum atomic E-state index is -3.78. The summed E-state index contributed by atoms with van der Waals surface area (Å²) >= 11 is 9.89. The molecule has 1 aromatic carbocycles. The number of pyridine rings is 1. The first-order valence-corrected chi connectivity index (χ1v) is 11.3. The van der Waals surface area contributed by atoms with Gasteiger partial charge in [0.2, 0.25) is 0 Å². The van der Waals surface area contributed by atoms with Crippen LogP contribution in [0.2, 0.25) is 0 Å². The summed E-state index contributed by atoms with van der Waals surface area (Å²) in [6.07, 6.45) is 3.51. The van der Waals surface area contributed by atoms with Crippen molar-refractivity contribution in [1.82, 2.24) is 4.98 Å². The molecular formula is C19H23BrClF2N3O2S. The lowest BCUT2D eigenvalue weighted by atomic mass is 10.2. The van der Waals surface area contributed by atoms with Crippen molar-refractivity contribution >= 4 is 56.7 Å². The van der Waals surface area contributed by atoms with Gasteiger partial charge in [-0.1, -0.05) is 13.8 Å². The molecule has 0 bridgehead atoms. The summed E-state index contributed by atoms with van der Waals surface area (Å²) in [5.74, 6) is 1.21. The first-order valence-electron chi connectivity index (χ1n) is 8.72. The van der Waals surface area contributed by atoms with E-state index in [2.05, 4.69) is 31.0 Å². The first-order chi connectivity index (χ1) is 13.7. The third kappa shape index (κ3) is 8.76. The predicted octanol–water partition coefficient (Wildman–Crippen LogP) is 6.09. The molecule has 0 aliphatic carbocycles. The molecule has 1 aromatic heterocycles. The van der Waals surface area contributed by atoms with E-state index in [1.54, 1.807) is 17.8 Å². The smallest absolute Gasteiger partial charge is 0.420 e. The fourth-order valence-electron chi connectivity index (χ4n) is 2.11. The van der Waals surface area contributed by atoms with Crippen LogP contribution in [-0.2, 0) is 0 Å². The van der Waals surface area contributed by atoms with Gasteiger partial charge in [-0.25, -0.2) is 4.98 Å². The van der Waals surface area contributed by atoms with Gasteiger partial charge in [0.05, 0.1) is 10.0 Å². The molecule has 1 amide bonds. The normalized spacial score (nSPS) is 10.6. The van der Waals surface area contributed by atoms with Crippen LogP contribution in [-0.4, -0.2) is 42.1 Å². The van der Waals surface area contributed by atoms with Crippen molar-refractivity contribution in [3.63, 3.8) is 0 Å². The number of benzene rings is 1. The van der Waals surface area contributed by atoms with Gasteiger partial charge in [0.15, 0.2) is 0 Å². The quantitative estimate of drug-likeness (QED) is 0.436. The van der Waals surface area contributed by atoms with Crippen molar-refractivity contribution in [3.8, 4) is 5.75 Å². The maximum atomic E-state index is 12.6. The fraction of sp³-hybridized carbons (Fsp3) is 0.368. The van der Waals surface area contributed by atoms with E-state index in [9.17, 15) is 13.6 Å². The Labute approximate surface area is 187 Å². The molecule has 10 heteroatoms. The zero-order chi connectivity index (χ0) is 22.0. The van der Waals surface area contributed by atoms with E-state index in [1.165, 1.54) is 30.5 Å². The molecule has 1 heterocycles. The number of hydrogen-bond donors (Lipinski definition) is 1. The Hall–Kier alpha value is -1.58. The molecule has 160 valence electrons. The molecule has 0 radical (unpaired) electrons. The second kappa shape index (κ2) is 12.2. The molecule has 29 heavy (non-hydrogen) atoms. The van der Waals surface area contributed by atoms with Gasteiger partial charge in [-0.15, -0.1) is 8.78 Å². The number of alkyl halides is 3. The molecule has 0 aliphatic heterocycles. The van der Waals surface area contributed by atoms with Gasteiger partial charge in [-0.05, 0) is 52.5 Å². The van der Waals surface area contributed by atoms with Gasteiger partial charge in [0, 0.05) is 42.8 Å². The highest BCUT2D eigenvalue weighted by atomic mass is 79.9. The topological polar surface area (TPSA) is 54.5 Å². The van der Waals surface area contributed by atoms with E-state index in [0.717, 1.165) is 18.1 Å². The summed E-state index contributed by atoms with van der Waals surface area (Å²) in [5, 5.41) is 2.67. The summed E-state index contributed by atoms with van der Waals surface area (Å²) in [5.41, 5.74) is -3.01. The van der Waals surface area contributed by atoms with E-state index < -0.39 is 5.57 Å². The Morgan fingerprint density at radius 3 is 2.48 bits per heavy atom. The molecule has 0 spiro atoms. The maximum Gasteiger partial charge on any atom is 0.487 e. The van der Waals surface area contributed by atoms with Crippen LogP contribution in [0.3, 0.4) is 0 Å². The van der Waals surface area contributed by atoms with Crippen LogP contribution in [0.15, 0.2) is 41.0 Å². The minimum Gasteiger partial charge on any atom is -0.420 e. The first kappa shape index (κ1) is 25.5. The SMILES string of the molecule is CC.CSCCN(C)c1ncc(C(=O)Nc2ccc(OC(F)(F)Cl)cc2)cc1Br. The molecule has 5 nitrogen and oxygen atoms in total. The highest BCUT2D eigenvalue weighted by Crippen LogP contribution is 2.27. The number of halogens is 4. The van der Waals surface area contributed by atoms with E-state index in [-0.39, 0.29) is 11.7 Å². The van der Waals surface area contributed by atoms with Crippen LogP contribution >= 0.6 is 39.3 Å². The molecule has 0 saturated heterocycles. The molecule has 0 atom stereocenters. The predicted molar refractivity (Wildman–Crippen MR) is 121 cm³/mol. The number of carbonyl (C=O) groups excluding carboxylic acids is 1. The lowest BCUT2D eigenvalue weighted by Gasteiger charge is -2.19. The molecule has 1 N–H and O–H groups in total. The number of nitrogens with one attached hydrogen (secondary N) is 1. The number of thioether (sulfide) groups is 1. The third-order valence-corrected chi connectivity index (χ3v) is 4.67. The van der Waals surface area contributed by atoms with E-state index in [1.807, 2.05) is 32.1 Å². The number of anilines is 2. The Balaban J connectivity index is 0.00000204. The number of carbonyl (C=O) groups is 1. The van der Waals surface area contributed by atoms with Gasteiger partial charge in [-0.2, -0.15) is 11.8 Å². The van der Waals surface area contributed by atoms with Crippen LogP contribution in [0.5, 0.6) is 5.75 Å². The van der Waals surface area contributed by atoms with Gasteiger partial charge in [0.1, 0.15) is 11.6 Å². The van der Waals surface area contributed by atoms with Gasteiger partial charge in [-0.3, -0.25) is 4.79 Å². The molecule has 0 saturated carbocycles. The summed E-state index contributed by atoms with van der Waals surface area (Å²) in [6, 6.07) is 7.11. The number of amides is 1. The van der Waals surface area contributed by atoms with Crippen molar-refractivity contribution in [3.05, 3.63) is 46.6 Å². The summed E-state index contributed by atoms with van der Waals surface area (Å²) < 4.78 is 30.1. The molecular weight excluding hydrogens is 488 g/mol. The van der Waals surface area contributed by atoms with Gasteiger partial charge in [0.25, 0.3) is 5.91 Å². The van der Waals surface area contributed by atoms with Crippen molar-refractivity contribution in [1.29, 1.82) is 0 Å². The zero-order valence-corrected chi connectivity index (χ0v) is 19.7. The molecule has 0 unspecified atom stereocenters. The average Bonchev–Trinajstić information content (AvgIpc) is 2.68. The molecule has 2 aromatic rings. The Bertz CT molecular complexity index is 792. The second-order valence-corrected chi connectivity index (χ2v) is 7.75. The van der Waals surface area contributed by atoms with Gasteiger partial charge >= 0.3 is 5.57 Å². The van der Waals surface area contributed by atoms with Crippen LogP contribution in [0.4, 0.5) is 20.3 Å². The standard InChI is InChI=1S/C17H17BrClF2N3O2S.C2H6/c1-24(7-8-27-2)15-14(18)9-11(10-22-15)16(25)23-12-3-5-13(6-4-12)26-17(19,20)21;1-2/h3-6,9-10H,7-8H2,1-2H3,(H,23,25);1-2H3. The number of nitrogens with zero attached hydrogens (tertiary/aromatic N) is 2. The molecule has 0 fully saturated rings. The van der Waals surface area contributed by atoms with E-state index >= 15 is 0 Å². The Morgan fingerprint density at radius 1 is 1.34 bits per heavy atom. The number of aromatic nitrogens is 1. The van der Waals surface area contributed by atoms with Crippen molar-refractivity contribution in [2.75, 3.05) is 35.8 Å². The fourth-order valence-corrected chi connectivity index (χ4v) is 3.31. The largest absolute Gasteiger partial charge is 0.487 e. The van der Waals surface area contributed by atoms with Crippen LogP contribution in [0, 0.1) is 0 Å².